The number of ether oxygens (including phenoxy) is 3. The van der Waals surface area contributed by atoms with Crippen molar-refractivity contribution in [2.45, 2.75) is 85.2 Å². The maximum absolute atomic E-state index is 12.4. The van der Waals surface area contributed by atoms with Crippen molar-refractivity contribution in [1.29, 1.82) is 0 Å². The molecule has 0 saturated carbocycles. The van der Waals surface area contributed by atoms with E-state index < -0.39 is 41.3 Å². The molecule has 0 amide bonds. The van der Waals surface area contributed by atoms with Crippen molar-refractivity contribution in [2.75, 3.05) is 0 Å². The molecule has 7 heteroatoms. The molecule has 0 spiro atoms. The number of esters is 3. The standard InChI is InChI=1S/C24H32O7/c1-13-7-9-20(29-16(4)25)23(6)18(14(2)8-10-21(23)30-17(5)26)11-19-15(3)22(27)31-24(19,28)12-13/h8,12,18,20-21,28H,7,9-11H2,1-6H3/b13-12-/t18-,20-,21-,23-,24-/m0/s1. The number of fused-ring (bicyclic) bond motifs is 2. The molecule has 1 aliphatic heterocycles. The van der Waals surface area contributed by atoms with Gasteiger partial charge in [0.25, 0.3) is 5.79 Å². The second kappa shape index (κ2) is 8.26. The lowest BCUT2D eigenvalue weighted by molar-refractivity contribution is -0.181. The first-order valence-electron chi connectivity index (χ1n) is 10.7. The first kappa shape index (κ1) is 23.3. The predicted octanol–water partition coefficient (Wildman–Crippen LogP) is 3.51. The van der Waals surface area contributed by atoms with E-state index >= 15 is 0 Å². The Morgan fingerprint density at radius 2 is 1.74 bits per heavy atom. The molecule has 7 nitrogen and oxygen atoms in total. The van der Waals surface area contributed by atoms with E-state index in [9.17, 15) is 19.5 Å². The lowest BCUT2D eigenvalue weighted by atomic mass is 9.59. The number of hydrogen-bond acceptors (Lipinski definition) is 7. The predicted molar refractivity (Wildman–Crippen MR) is 112 cm³/mol. The molecule has 170 valence electrons. The average molecular weight is 433 g/mol. The Morgan fingerprint density at radius 1 is 1.13 bits per heavy atom. The van der Waals surface area contributed by atoms with Gasteiger partial charge in [0.05, 0.1) is 0 Å². The molecule has 0 aromatic carbocycles. The largest absolute Gasteiger partial charge is 0.462 e. The topological polar surface area (TPSA) is 99.1 Å². The third kappa shape index (κ3) is 4.20. The Bertz CT molecular complexity index is 896. The fraction of sp³-hybridized carbons (Fsp3) is 0.625. The number of allylic oxidation sites excluding steroid dienone is 2. The molecule has 0 fully saturated rings. The van der Waals surface area contributed by atoms with Crippen LogP contribution in [0.2, 0.25) is 0 Å². The van der Waals surface area contributed by atoms with Crippen molar-refractivity contribution in [2.24, 2.45) is 11.3 Å². The first-order chi connectivity index (χ1) is 14.4. The fourth-order valence-electron chi connectivity index (χ4n) is 5.35. The van der Waals surface area contributed by atoms with E-state index in [1.165, 1.54) is 13.8 Å². The SMILES string of the molecule is CC(=O)O[C@H]1CC=C(C)[C@@H]2CC3=C(C)C(=O)O[C@@]3(O)/C=C(/C)CC[C@H](OC(C)=O)[C@@]12C. The van der Waals surface area contributed by atoms with Crippen molar-refractivity contribution in [3.8, 4) is 0 Å². The smallest absolute Gasteiger partial charge is 0.336 e. The Balaban J connectivity index is 2.21. The summed E-state index contributed by atoms with van der Waals surface area (Å²) in [6.45, 7) is 10.2. The van der Waals surface area contributed by atoms with Crippen LogP contribution < -0.4 is 0 Å². The van der Waals surface area contributed by atoms with E-state index in [1.807, 2.05) is 26.8 Å². The second-order valence-electron chi connectivity index (χ2n) is 9.22. The van der Waals surface area contributed by atoms with Crippen molar-refractivity contribution in [1.82, 2.24) is 0 Å². The van der Waals surface area contributed by atoms with Crippen LogP contribution in [0.5, 0.6) is 0 Å². The number of carbonyl (C=O) groups is 3. The zero-order chi connectivity index (χ0) is 23.1. The maximum Gasteiger partial charge on any atom is 0.336 e. The van der Waals surface area contributed by atoms with Gasteiger partial charge in [-0.1, -0.05) is 24.1 Å². The van der Waals surface area contributed by atoms with Crippen molar-refractivity contribution in [3.05, 3.63) is 34.4 Å². The molecule has 31 heavy (non-hydrogen) atoms. The van der Waals surface area contributed by atoms with Crippen LogP contribution >= 0.6 is 0 Å². The van der Waals surface area contributed by atoms with Crippen LogP contribution in [0.25, 0.3) is 0 Å². The highest BCUT2D eigenvalue weighted by atomic mass is 16.7. The normalized spacial score (nSPS) is 37.5. The summed E-state index contributed by atoms with van der Waals surface area (Å²) in [7, 11) is 0. The lowest BCUT2D eigenvalue weighted by Gasteiger charge is -2.50. The molecule has 5 atom stereocenters. The molecule has 1 N–H and O–H groups in total. The van der Waals surface area contributed by atoms with E-state index in [2.05, 4.69) is 0 Å². The Labute approximate surface area is 183 Å². The minimum atomic E-state index is -1.80. The summed E-state index contributed by atoms with van der Waals surface area (Å²) in [6.07, 6.45) is 4.38. The van der Waals surface area contributed by atoms with Gasteiger partial charge in [0, 0.05) is 36.8 Å². The summed E-state index contributed by atoms with van der Waals surface area (Å²) in [5, 5.41) is 11.3. The van der Waals surface area contributed by atoms with Gasteiger partial charge in [-0.2, -0.15) is 0 Å². The van der Waals surface area contributed by atoms with Gasteiger partial charge in [-0.25, -0.2) is 4.79 Å². The molecule has 0 unspecified atom stereocenters. The number of hydrogen-bond donors (Lipinski definition) is 1. The van der Waals surface area contributed by atoms with Gasteiger partial charge in [-0.3, -0.25) is 9.59 Å². The Kier molecular flexibility index (Phi) is 6.20. The number of aliphatic hydroxyl groups is 1. The Hall–Kier alpha value is -2.41. The van der Waals surface area contributed by atoms with E-state index in [0.717, 1.165) is 11.1 Å². The summed E-state index contributed by atoms with van der Waals surface area (Å²) in [5.74, 6) is -3.39. The molecular formula is C24H32O7. The molecule has 2 aliphatic carbocycles. The van der Waals surface area contributed by atoms with Crippen LogP contribution in [0.4, 0.5) is 0 Å². The third-order valence-corrected chi connectivity index (χ3v) is 7.05. The molecule has 3 aliphatic rings. The quantitative estimate of drug-likeness (QED) is 0.405. The molecule has 0 saturated heterocycles. The van der Waals surface area contributed by atoms with Crippen molar-refractivity contribution >= 4 is 17.9 Å². The van der Waals surface area contributed by atoms with Crippen molar-refractivity contribution in [3.63, 3.8) is 0 Å². The first-order valence-corrected chi connectivity index (χ1v) is 10.7. The third-order valence-electron chi connectivity index (χ3n) is 7.05. The average Bonchev–Trinajstić information content (AvgIpc) is 2.85. The molecular weight excluding hydrogens is 400 g/mol. The zero-order valence-electron chi connectivity index (χ0n) is 19.1. The van der Waals surface area contributed by atoms with Gasteiger partial charge < -0.3 is 19.3 Å². The van der Waals surface area contributed by atoms with Gasteiger partial charge in [0.1, 0.15) is 12.2 Å². The summed E-state index contributed by atoms with van der Waals surface area (Å²) < 4.78 is 16.9. The molecule has 0 aromatic heterocycles. The summed E-state index contributed by atoms with van der Waals surface area (Å²) in [5.41, 5.74) is 1.96. The summed E-state index contributed by atoms with van der Waals surface area (Å²) in [6, 6.07) is 0. The molecule has 3 rings (SSSR count). The maximum atomic E-state index is 12.4. The number of rotatable bonds is 2. The van der Waals surface area contributed by atoms with E-state index in [0.29, 0.717) is 36.8 Å². The van der Waals surface area contributed by atoms with Crippen LogP contribution in [0, 0.1) is 11.3 Å². The van der Waals surface area contributed by atoms with Crippen LogP contribution in [0.3, 0.4) is 0 Å². The van der Waals surface area contributed by atoms with E-state index in [-0.39, 0.29) is 5.92 Å². The zero-order valence-corrected chi connectivity index (χ0v) is 19.1. The molecule has 1 heterocycles. The monoisotopic (exact) mass is 432 g/mol. The second-order valence-corrected chi connectivity index (χ2v) is 9.22. The van der Waals surface area contributed by atoms with Gasteiger partial charge in [0.15, 0.2) is 0 Å². The van der Waals surface area contributed by atoms with Crippen LogP contribution in [0.1, 0.15) is 67.2 Å². The van der Waals surface area contributed by atoms with Gasteiger partial charge >= 0.3 is 17.9 Å². The molecule has 0 aromatic rings. The minimum absolute atomic E-state index is 0.243. The van der Waals surface area contributed by atoms with Crippen LogP contribution in [-0.4, -0.2) is 41.0 Å². The summed E-state index contributed by atoms with van der Waals surface area (Å²) >= 11 is 0. The van der Waals surface area contributed by atoms with E-state index in [1.54, 1.807) is 13.0 Å². The molecule has 0 bridgehead atoms. The highest BCUT2D eigenvalue weighted by Crippen LogP contribution is 2.53. The van der Waals surface area contributed by atoms with Crippen LogP contribution in [-0.2, 0) is 28.6 Å². The van der Waals surface area contributed by atoms with Gasteiger partial charge in [-0.05, 0) is 52.0 Å². The van der Waals surface area contributed by atoms with E-state index in [4.69, 9.17) is 14.2 Å². The van der Waals surface area contributed by atoms with Crippen molar-refractivity contribution < 1.29 is 33.7 Å². The fourth-order valence-corrected chi connectivity index (χ4v) is 5.35. The van der Waals surface area contributed by atoms with Crippen LogP contribution in [0.15, 0.2) is 34.4 Å². The molecule has 0 radical (unpaired) electrons. The number of carbonyl (C=O) groups excluding carboxylic acids is 3. The highest BCUT2D eigenvalue weighted by molar-refractivity contribution is 5.92. The summed E-state index contributed by atoms with van der Waals surface area (Å²) in [4.78, 5) is 36.3. The highest BCUT2D eigenvalue weighted by Gasteiger charge is 2.55. The van der Waals surface area contributed by atoms with Gasteiger partial charge in [0.2, 0.25) is 0 Å². The minimum Gasteiger partial charge on any atom is -0.462 e. The Morgan fingerprint density at radius 3 is 2.35 bits per heavy atom. The lowest BCUT2D eigenvalue weighted by Crippen LogP contribution is -2.54. The van der Waals surface area contributed by atoms with Gasteiger partial charge in [-0.15, -0.1) is 0 Å².